The van der Waals surface area contributed by atoms with Crippen molar-refractivity contribution in [3.63, 3.8) is 0 Å². The minimum atomic E-state index is -0.460. The van der Waals surface area contributed by atoms with Crippen molar-refractivity contribution in [3.05, 3.63) is 45.6 Å². The summed E-state index contributed by atoms with van der Waals surface area (Å²) in [6, 6.07) is 9.41. The minimum Gasteiger partial charge on any atom is -0.493 e. The van der Waals surface area contributed by atoms with Crippen LogP contribution in [-0.2, 0) is 5.41 Å². The van der Waals surface area contributed by atoms with Gasteiger partial charge in [-0.3, -0.25) is 4.79 Å². The van der Waals surface area contributed by atoms with Crippen molar-refractivity contribution < 1.29 is 19.4 Å². The SMILES string of the molecule is COc1cccc(C(=O)NCC2(c3ccc([C@@H](C)O)s3)CCCC2)c1OC. The van der Waals surface area contributed by atoms with Crippen molar-refractivity contribution >= 4 is 17.2 Å². The number of carbonyl (C=O) groups excluding carboxylic acids is 1. The predicted octanol–water partition coefficient (Wildman–Crippen LogP) is 4.06. The molecular formula is C21H27NO4S. The lowest BCUT2D eigenvalue weighted by Gasteiger charge is -2.28. The highest BCUT2D eigenvalue weighted by molar-refractivity contribution is 7.12. The van der Waals surface area contributed by atoms with E-state index in [2.05, 4.69) is 11.4 Å². The molecule has 1 fully saturated rings. The van der Waals surface area contributed by atoms with E-state index >= 15 is 0 Å². The van der Waals surface area contributed by atoms with Crippen LogP contribution in [0.2, 0.25) is 0 Å². The van der Waals surface area contributed by atoms with Gasteiger partial charge in [0, 0.05) is 21.7 Å². The number of para-hydroxylation sites is 1. The molecule has 0 unspecified atom stereocenters. The molecule has 1 aromatic carbocycles. The van der Waals surface area contributed by atoms with E-state index < -0.39 is 6.10 Å². The number of nitrogens with one attached hydrogen (secondary N) is 1. The van der Waals surface area contributed by atoms with E-state index in [0.29, 0.717) is 23.6 Å². The molecule has 5 nitrogen and oxygen atoms in total. The lowest BCUT2D eigenvalue weighted by atomic mass is 9.84. The molecule has 27 heavy (non-hydrogen) atoms. The van der Waals surface area contributed by atoms with Crippen molar-refractivity contribution in [3.8, 4) is 11.5 Å². The maximum absolute atomic E-state index is 12.9. The Morgan fingerprint density at radius 2 is 1.96 bits per heavy atom. The van der Waals surface area contributed by atoms with Crippen LogP contribution in [0.25, 0.3) is 0 Å². The molecule has 1 aliphatic rings. The second-order valence-electron chi connectivity index (χ2n) is 7.09. The van der Waals surface area contributed by atoms with E-state index in [0.717, 1.165) is 30.6 Å². The first kappa shape index (κ1) is 19.7. The number of amides is 1. The third kappa shape index (κ3) is 3.96. The molecule has 0 aliphatic heterocycles. The molecule has 1 atom stereocenters. The van der Waals surface area contributed by atoms with Crippen LogP contribution in [0, 0.1) is 0 Å². The van der Waals surface area contributed by atoms with Gasteiger partial charge in [0.2, 0.25) is 0 Å². The fourth-order valence-corrected chi connectivity index (χ4v) is 5.02. The highest BCUT2D eigenvalue weighted by atomic mass is 32.1. The van der Waals surface area contributed by atoms with E-state index in [4.69, 9.17) is 9.47 Å². The molecule has 2 aromatic rings. The third-order valence-corrected chi connectivity index (χ3v) is 6.86. The number of carbonyl (C=O) groups is 1. The first-order valence-corrected chi connectivity index (χ1v) is 10.1. The van der Waals surface area contributed by atoms with Crippen LogP contribution in [0.4, 0.5) is 0 Å². The molecule has 1 saturated carbocycles. The molecule has 1 aromatic heterocycles. The minimum absolute atomic E-state index is 0.0560. The van der Waals surface area contributed by atoms with E-state index in [1.165, 1.54) is 12.0 Å². The van der Waals surface area contributed by atoms with Gasteiger partial charge in [-0.15, -0.1) is 11.3 Å². The Kier molecular flexibility index (Phi) is 6.07. The van der Waals surface area contributed by atoms with Crippen LogP contribution in [0.15, 0.2) is 30.3 Å². The standard InChI is InChI=1S/C21H27NO4S/c1-14(23)17-9-10-18(27-17)21(11-4-5-12-21)13-22-20(24)15-7-6-8-16(25-2)19(15)26-3/h6-10,14,23H,4-5,11-13H2,1-3H3,(H,22,24)/t14-/m1/s1. The normalized spacial score (nSPS) is 16.7. The summed E-state index contributed by atoms with van der Waals surface area (Å²) in [7, 11) is 3.10. The van der Waals surface area contributed by atoms with Gasteiger partial charge in [-0.1, -0.05) is 18.9 Å². The maximum Gasteiger partial charge on any atom is 0.255 e. The molecule has 2 N–H and O–H groups in total. The molecule has 1 heterocycles. The zero-order valence-electron chi connectivity index (χ0n) is 16.1. The quantitative estimate of drug-likeness (QED) is 0.749. The smallest absolute Gasteiger partial charge is 0.255 e. The highest BCUT2D eigenvalue weighted by Gasteiger charge is 2.37. The molecule has 3 rings (SSSR count). The molecule has 146 valence electrons. The Bertz CT molecular complexity index is 793. The number of aliphatic hydroxyl groups is 1. The number of methoxy groups -OCH3 is 2. The van der Waals surface area contributed by atoms with Crippen LogP contribution in [-0.4, -0.2) is 31.8 Å². The number of benzene rings is 1. The van der Waals surface area contributed by atoms with Gasteiger partial charge in [0.05, 0.1) is 25.9 Å². The Balaban J connectivity index is 1.80. The van der Waals surface area contributed by atoms with Crippen LogP contribution in [0.5, 0.6) is 11.5 Å². The highest BCUT2D eigenvalue weighted by Crippen LogP contribution is 2.44. The van der Waals surface area contributed by atoms with Gasteiger partial charge < -0.3 is 19.9 Å². The Hall–Kier alpha value is -2.05. The second kappa shape index (κ2) is 8.31. The monoisotopic (exact) mass is 389 g/mol. The van der Waals surface area contributed by atoms with Gasteiger partial charge in [-0.2, -0.15) is 0 Å². The number of aliphatic hydroxyl groups excluding tert-OH is 1. The Morgan fingerprint density at radius 3 is 2.56 bits per heavy atom. The number of hydrogen-bond acceptors (Lipinski definition) is 5. The molecule has 0 saturated heterocycles. The zero-order chi connectivity index (χ0) is 19.4. The van der Waals surface area contributed by atoms with Crippen molar-refractivity contribution in [2.24, 2.45) is 0 Å². The summed E-state index contributed by atoms with van der Waals surface area (Å²) < 4.78 is 10.7. The van der Waals surface area contributed by atoms with Crippen molar-refractivity contribution in [2.75, 3.05) is 20.8 Å². The van der Waals surface area contributed by atoms with Crippen LogP contribution in [0.3, 0.4) is 0 Å². The topological polar surface area (TPSA) is 67.8 Å². The van der Waals surface area contributed by atoms with Crippen LogP contribution >= 0.6 is 11.3 Å². The summed E-state index contributed by atoms with van der Waals surface area (Å²) in [5, 5.41) is 13.0. The van der Waals surface area contributed by atoms with Gasteiger partial charge in [0.25, 0.3) is 5.91 Å². The van der Waals surface area contributed by atoms with E-state index in [1.54, 1.807) is 43.6 Å². The van der Waals surface area contributed by atoms with E-state index in [1.807, 2.05) is 6.07 Å². The summed E-state index contributed by atoms with van der Waals surface area (Å²) in [5.41, 5.74) is 0.417. The summed E-state index contributed by atoms with van der Waals surface area (Å²) >= 11 is 1.65. The van der Waals surface area contributed by atoms with E-state index in [9.17, 15) is 9.90 Å². The third-order valence-electron chi connectivity index (χ3n) is 5.36. The van der Waals surface area contributed by atoms with Crippen molar-refractivity contribution in [1.29, 1.82) is 0 Å². The maximum atomic E-state index is 12.9. The zero-order valence-corrected chi connectivity index (χ0v) is 16.9. The number of ether oxygens (including phenoxy) is 2. The Labute approximate surface area is 164 Å². The summed E-state index contributed by atoms with van der Waals surface area (Å²) in [6.07, 6.45) is 3.93. The number of thiophene rings is 1. The number of rotatable bonds is 7. The summed E-state index contributed by atoms with van der Waals surface area (Å²) in [4.78, 5) is 15.1. The second-order valence-corrected chi connectivity index (χ2v) is 8.20. The van der Waals surface area contributed by atoms with Gasteiger partial charge in [0.15, 0.2) is 11.5 Å². The average molecular weight is 390 g/mol. The Morgan fingerprint density at radius 1 is 1.22 bits per heavy atom. The van der Waals surface area contributed by atoms with Gasteiger partial charge in [-0.05, 0) is 44.0 Å². The lowest BCUT2D eigenvalue weighted by Crippen LogP contribution is -2.38. The summed E-state index contributed by atoms with van der Waals surface area (Å²) in [5.74, 6) is 0.829. The van der Waals surface area contributed by atoms with Crippen molar-refractivity contribution in [1.82, 2.24) is 5.32 Å². The molecule has 1 amide bonds. The first-order valence-electron chi connectivity index (χ1n) is 9.28. The molecule has 0 radical (unpaired) electrons. The molecule has 0 bridgehead atoms. The van der Waals surface area contributed by atoms with Crippen LogP contribution < -0.4 is 14.8 Å². The number of hydrogen-bond donors (Lipinski definition) is 2. The van der Waals surface area contributed by atoms with Gasteiger partial charge in [-0.25, -0.2) is 0 Å². The fourth-order valence-electron chi connectivity index (χ4n) is 3.84. The van der Waals surface area contributed by atoms with Gasteiger partial charge in [0.1, 0.15) is 0 Å². The van der Waals surface area contributed by atoms with E-state index in [-0.39, 0.29) is 11.3 Å². The summed E-state index contributed by atoms with van der Waals surface area (Å²) in [6.45, 7) is 2.36. The molecule has 0 spiro atoms. The predicted molar refractivity (Wildman–Crippen MR) is 107 cm³/mol. The largest absolute Gasteiger partial charge is 0.493 e. The van der Waals surface area contributed by atoms with Crippen molar-refractivity contribution in [2.45, 2.75) is 44.1 Å². The first-order chi connectivity index (χ1) is 13.0. The molecule has 6 heteroatoms. The molecule has 1 aliphatic carbocycles. The fraction of sp³-hybridized carbons (Fsp3) is 0.476. The molecular weight excluding hydrogens is 362 g/mol. The lowest BCUT2D eigenvalue weighted by molar-refractivity contribution is 0.0939. The van der Waals surface area contributed by atoms with Crippen LogP contribution in [0.1, 0.15) is 58.8 Å². The average Bonchev–Trinajstić information content (AvgIpc) is 3.35. The van der Waals surface area contributed by atoms with Gasteiger partial charge >= 0.3 is 0 Å².